The first-order chi connectivity index (χ1) is 9.51. The minimum atomic E-state index is -0.346. The number of rotatable bonds is 2. The molecule has 0 aliphatic heterocycles. The minimum absolute atomic E-state index is 0.346. The van der Waals surface area contributed by atoms with Crippen LogP contribution in [0.1, 0.15) is 15.9 Å². The molecule has 0 unspecified atom stereocenters. The van der Waals surface area contributed by atoms with Gasteiger partial charge in [0.25, 0.3) is 5.91 Å². The van der Waals surface area contributed by atoms with E-state index in [9.17, 15) is 4.79 Å². The van der Waals surface area contributed by atoms with E-state index in [1.807, 2.05) is 6.07 Å². The van der Waals surface area contributed by atoms with Crippen LogP contribution < -0.4 is 11.1 Å². The van der Waals surface area contributed by atoms with E-state index >= 15 is 0 Å². The molecule has 6 heteroatoms. The van der Waals surface area contributed by atoms with E-state index in [4.69, 9.17) is 22.6 Å². The molecular formula is C14H9BrClN3O. The van der Waals surface area contributed by atoms with Crippen molar-refractivity contribution in [1.29, 1.82) is 5.26 Å². The fourth-order valence-corrected chi connectivity index (χ4v) is 1.98. The number of anilines is 2. The molecule has 100 valence electrons. The molecule has 1 amide bonds. The molecule has 0 spiro atoms. The van der Waals surface area contributed by atoms with E-state index < -0.39 is 0 Å². The standard InChI is InChI=1S/C14H9BrClN3O/c15-10-3-2-9(6-12(10)18)14(20)19-13-5-8(7-17)1-4-11(13)16/h1-6H,18H2,(H,19,20). The van der Waals surface area contributed by atoms with Crippen molar-refractivity contribution in [2.75, 3.05) is 11.1 Å². The van der Waals surface area contributed by atoms with Gasteiger partial charge in [0.1, 0.15) is 0 Å². The van der Waals surface area contributed by atoms with Crippen LogP contribution in [-0.4, -0.2) is 5.91 Å². The maximum atomic E-state index is 12.1. The second-order valence-corrected chi connectivity index (χ2v) is 5.26. The van der Waals surface area contributed by atoms with E-state index in [1.165, 1.54) is 6.07 Å². The van der Waals surface area contributed by atoms with Gasteiger partial charge in [-0.2, -0.15) is 5.26 Å². The first kappa shape index (κ1) is 14.4. The Bertz CT molecular complexity index is 725. The Hall–Kier alpha value is -2.03. The second-order valence-electron chi connectivity index (χ2n) is 4.00. The second kappa shape index (κ2) is 5.95. The zero-order valence-corrected chi connectivity index (χ0v) is 12.5. The number of nitrogen functional groups attached to an aromatic ring is 1. The van der Waals surface area contributed by atoms with Crippen molar-refractivity contribution in [1.82, 2.24) is 0 Å². The molecule has 20 heavy (non-hydrogen) atoms. The molecule has 3 N–H and O–H groups in total. The van der Waals surface area contributed by atoms with Gasteiger partial charge in [0.2, 0.25) is 0 Å². The molecule has 0 bridgehead atoms. The molecule has 4 nitrogen and oxygen atoms in total. The maximum absolute atomic E-state index is 12.1. The van der Waals surface area contributed by atoms with Crippen LogP contribution >= 0.6 is 27.5 Å². The summed E-state index contributed by atoms with van der Waals surface area (Å²) in [6.45, 7) is 0. The van der Waals surface area contributed by atoms with Crippen LogP contribution in [0.2, 0.25) is 5.02 Å². The van der Waals surface area contributed by atoms with Gasteiger partial charge in [0.05, 0.1) is 22.3 Å². The number of carbonyl (C=O) groups excluding carboxylic acids is 1. The third-order valence-corrected chi connectivity index (χ3v) is 3.65. The number of carbonyl (C=O) groups is 1. The Morgan fingerprint density at radius 3 is 2.70 bits per heavy atom. The summed E-state index contributed by atoms with van der Waals surface area (Å²) >= 11 is 9.25. The Morgan fingerprint density at radius 1 is 1.30 bits per heavy atom. The van der Waals surface area contributed by atoms with Gasteiger partial charge >= 0.3 is 0 Å². The molecule has 0 atom stereocenters. The quantitative estimate of drug-likeness (QED) is 0.808. The van der Waals surface area contributed by atoms with Gasteiger partial charge < -0.3 is 11.1 Å². The van der Waals surface area contributed by atoms with Crippen molar-refractivity contribution in [3.8, 4) is 6.07 Å². The maximum Gasteiger partial charge on any atom is 0.255 e. The van der Waals surface area contributed by atoms with Crippen molar-refractivity contribution < 1.29 is 4.79 Å². The number of hydrogen-bond acceptors (Lipinski definition) is 3. The fourth-order valence-electron chi connectivity index (χ4n) is 1.57. The average molecular weight is 351 g/mol. The summed E-state index contributed by atoms with van der Waals surface area (Å²) in [5.74, 6) is -0.346. The number of nitrogens with zero attached hydrogens (tertiary/aromatic N) is 1. The number of nitriles is 1. The van der Waals surface area contributed by atoms with Gasteiger partial charge in [-0.25, -0.2) is 0 Å². The number of hydrogen-bond donors (Lipinski definition) is 2. The summed E-state index contributed by atoms with van der Waals surface area (Å²) in [4.78, 5) is 12.1. The predicted molar refractivity (Wildman–Crippen MR) is 82.7 cm³/mol. The molecule has 2 aromatic rings. The summed E-state index contributed by atoms with van der Waals surface area (Å²) in [7, 11) is 0. The van der Waals surface area contributed by atoms with Crippen LogP contribution in [0.4, 0.5) is 11.4 Å². The Labute approximate surface area is 129 Å². The van der Waals surface area contributed by atoms with Crippen LogP contribution in [0, 0.1) is 11.3 Å². The van der Waals surface area contributed by atoms with E-state index in [-0.39, 0.29) is 5.91 Å². The van der Waals surface area contributed by atoms with Crippen molar-refractivity contribution >= 4 is 44.8 Å². The molecule has 0 aliphatic rings. The molecule has 0 saturated carbocycles. The Balaban J connectivity index is 2.28. The van der Waals surface area contributed by atoms with Crippen molar-refractivity contribution in [2.45, 2.75) is 0 Å². The molecule has 0 radical (unpaired) electrons. The highest BCUT2D eigenvalue weighted by Gasteiger charge is 2.10. The molecule has 0 aromatic heterocycles. The van der Waals surface area contributed by atoms with E-state index in [2.05, 4.69) is 21.2 Å². The summed E-state index contributed by atoms with van der Waals surface area (Å²) in [5, 5.41) is 11.9. The number of benzene rings is 2. The fraction of sp³-hybridized carbons (Fsp3) is 0. The van der Waals surface area contributed by atoms with Crippen LogP contribution in [0.25, 0.3) is 0 Å². The van der Waals surface area contributed by atoms with Gasteiger partial charge in [-0.05, 0) is 52.3 Å². The largest absolute Gasteiger partial charge is 0.398 e. The molecular weight excluding hydrogens is 342 g/mol. The lowest BCUT2D eigenvalue weighted by Crippen LogP contribution is -2.12. The van der Waals surface area contributed by atoms with E-state index in [0.717, 1.165) is 4.47 Å². The van der Waals surface area contributed by atoms with Crippen molar-refractivity contribution in [2.24, 2.45) is 0 Å². The zero-order valence-electron chi connectivity index (χ0n) is 10.2. The van der Waals surface area contributed by atoms with Gasteiger partial charge in [0.15, 0.2) is 0 Å². The number of nitrogens with one attached hydrogen (secondary N) is 1. The van der Waals surface area contributed by atoms with Crippen molar-refractivity contribution in [3.63, 3.8) is 0 Å². The topological polar surface area (TPSA) is 78.9 Å². The normalized spacial score (nSPS) is 9.85. The lowest BCUT2D eigenvalue weighted by molar-refractivity contribution is 0.102. The van der Waals surface area contributed by atoms with Crippen LogP contribution in [0.3, 0.4) is 0 Å². The lowest BCUT2D eigenvalue weighted by atomic mass is 10.1. The Morgan fingerprint density at radius 2 is 2.05 bits per heavy atom. The highest BCUT2D eigenvalue weighted by atomic mass is 79.9. The average Bonchev–Trinajstić information content (AvgIpc) is 2.44. The summed E-state index contributed by atoms with van der Waals surface area (Å²) < 4.78 is 0.721. The highest BCUT2D eigenvalue weighted by Crippen LogP contribution is 2.25. The molecule has 2 rings (SSSR count). The smallest absolute Gasteiger partial charge is 0.255 e. The molecule has 0 aliphatic carbocycles. The molecule has 0 heterocycles. The molecule has 0 saturated heterocycles. The summed E-state index contributed by atoms with van der Waals surface area (Å²) in [6.07, 6.45) is 0. The minimum Gasteiger partial charge on any atom is -0.398 e. The van der Waals surface area contributed by atoms with Crippen LogP contribution in [0.5, 0.6) is 0 Å². The van der Waals surface area contributed by atoms with E-state index in [0.29, 0.717) is 27.5 Å². The number of nitrogens with two attached hydrogens (primary N) is 1. The summed E-state index contributed by atoms with van der Waals surface area (Å²) in [6, 6.07) is 11.5. The van der Waals surface area contributed by atoms with Gasteiger partial charge in [0, 0.05) is 15.7 Å². The molecule has 2 aromatic carbocycles. The zero-order chi connectivity index (χ0) is 14.7. The van der Waals surface area contributed by atoms with Gasteiger partial charge in [-0.3, -0.25) is 4.79 Å². The number of halogens is 2. The first-order valence-corrected chi connectivity index (χ1v) is 6.74. The van der Waals surface area contributed by atoms with Gasteiger partial charge in [-0.15, -0.1) is 0 Å². The predicted octanol–water partition coefficient (Wildman–Crippen LogP) is 3.81. The summed E-state index contributed by atoms with van der Waals surface area (Å²) in [5.41, 5.74) is 7.41. The monoisotopic (exact) mass is 349 g/mol. The lowest BCUT2D eigenvalue weighted by Gasteiger charge is -2.08. The Kier molecular flexibility index (Phi) is 4.28. The number of amides is 1. The van der Waals surface area contributed by atoms with Crippen molar-refractivity contribution in [3.05, 3.63) is 57.0 Å². The first-order valence-electron chi connectivity index (χ1n) is 5.57. The highest BCUT2D eigenvalue weighted by molar-refractivity contribution is 9.10. The van der Waals surface area contributed by atoms with Gasteiger partial charge in [-0.1, -0.05) is 11.6 Å². The van der Waals surface area contributed by atoms with E-state index in [1.54, 1.807) is 30.3 Å². The molecule has 0 fully saturated rings. The third kappa shape index (κ3) is 3.10. The SMILES string of the molecule is N#Cc1ccc(Cl)c(NC(=O)c2ccc(Br)c(N)c2)c1. The van der Waals surface area contributed by atoms with Crippen LogP contribution in [0.15, 0.2) is 40.9 Å². The van der Waals surface area contributed by atoms with Crippen LogP contribution in [-0.2, 0) is 0 Å². The third-order valence-electron chi connectivity index (χ3n) is 2.60.